The smallest absolute Gasteiger partial charge is 0.226 e. The minimum atomic E-state index is 0.267. The first-order valence-corrected chi connectivity index (χ1v) is 10.6. The zero-order chi connectivity index (χ0) is 16.6. The Morgan fingerprint density at radius 3 is 2.36 bits per heavy atom. The van der Waals surface area contributed by atoms with E-state index in [9.17, 15) is 4.79 Å². The lowest BCUT2D eigenvalue weighted by Crippen LogP contribution is -2.51. The van der Waals surface area contributed by atoms with E-state index >= 15 is 0 Å². The SMILES string of the molecule is O=C1[C@@H]2CCc3ccccc3[C@@H]2CN1CC12CC3CC(CC(C3)C1)C2. The van der Waals surface area contributed by atoms with Crippen molar-refractivity contribution >= 4 is 5.91 Å². The van der Waals surface area contributed by atoms with Gasteiger partial charge in [-0.15, -0.1) is 0 Å². The molecule has 0 radical (unpaired) electrons. The molecule has 1 heterocycles. The number of hydrogen-bond acceptors (Lipinski definition) is 1. The second-order valence-corrected chi connectivity index (χ2v) is 10.1. The van der Waals surface area contributed by atoms with Gasteiger partial charge in [-0.2, -0.15) is 0 Å². The summed E-state index contributed by atoms with van der Waals surface area (Å²) < 4.78 is 0. The normalized spacial score (nSPS) is 44.1. The van der Waals surface area contributed by atoms with Crippen LogP contribution < -0.4 is 0 Å². The standard InChI is InChI=1S/C23H29NO/c25-22-20-6-5-18-3-1-2-4-19(18)21(20)13-24(22)14-23-10-15-7-16(11-23)9-17(8-15)12-23/h1-4,15-17,20-21H,5-14H2/t15?,16?,17?,20-,21+,23?/m1/s1. The van der Waals surface area contributed by atoms with Crippen molar-refractivity contribution in [2.75, 3.05) is 13.1 Å². The third kappa shape index (κ3) is 2.18. The monoisotopic (exact) mass is 335 g/mol. The Hall–Kier alpha value is -1.31. The van der Waals surface area contributed by atoms with Crippen molar-refractivity contribution in [3.63, 3.8) is 0 Å². The number of amides is 1. The van der Waals surface area contributed by atoms with Crippen LogP contribution in [0.15, 0.2) is 24.3 Å². The van der Waals surface area contributed by atoms with Crippen LogP contribution in [0.3, 0.4) is 0 Å². The molecule has 5 aliphatic carbocycles. The maximum atomic E-state index is 13.2. The van der Waals surface area contributed by atoms with Crippen molar-refractivity contribution in [1.29, 1.82) is 0 Å². The molecule has 0 aromatic heterocycles. The fraction of sp³-hybridized carbons (Fsp3) is 0.696. The Labute approximate surface area is 151 Å². The summed E-state index contributed by atoms with van der Waals surface area (Å²) in [4.78, 5) is 15.5. The summed E-state index contributed by atoms with van der Waals surface area (Å²) in [6.07, 6.45) is 10.9. The zero-order valence-corrected chi connectivity index (χ0v) is 15.1. The fourth-order valence-electron chi connectivity index (χ4n) is 7.97. The number of fused-ring (bicyclic) bond motifs is 3. The molecule has 4 saturated carbocycles. The average molecular weight is 335 g/mol. The Balaban J connectivity index is 1.27. The Kier molecular flexibility index (Phi) is 3.03. The van der Waals surface area contributed by atoms with Gasteiger partial charge in [-0.25, -0.2) is 0 Å². The van der Waals surface area contributed by atoms with Crippen LogP contribution in [0, 0.1) is 29.1 Å². The molecule has 2 heteroatoms. The summed E-state index contributed by atoms with van der Waals surface area (Å²) in [5.41, 5.74) is 3.45. The van der Waals surface area contributed by atoms with Gasteiger partial charge in [0.05, 0.1) is 0 Å². The van der Waals surface area contributed by atoms with Gasteiger partial charge in [-0.1, -0.05) is 24.3 Å². The lowest BCUT2D eigenvalue weighted by molar-refractivity contribution is -0.136. The predicted molar refractivity (Wildman–Crippen MR) is 98.2 cm³/mol. The highest BCUT2D eigenvalue weighted by atomic mass is 16.2. The molecule has 1 aliphatic heterocycles. The Bertz CT molecular complexity index is 687. The highest BCUT2D eigenvalue weighted by Gasteiger charge is 2.53. The number of aryl methyl sites for hydroxylation is 1. The highest BCUT2D eigenvalue weighted by molar-refractivity contribution is 5.83. The first-order valence-electron chi connectivity index (χ1n) is 10.6. The predicted octanol–water partition coefficient (Wildman–Crippen LogP) is 4.39. The van der Waals surface area contributed by atoms with E-state index in [1.165, 1.54) is 49.7 Å². The van der Waals surface area contributed by atoms with Crippen molar-refractivity contribution in [1.82, 2.24) is 4.90 Å². The van der Waals surface area contributed by atoms with Crippen LogP contribution in [0.1, 0.15) is 62.0 Å². The van der Waals surface area contributed by atoms with Gasteiger partial charge in [0.15, 0.2) is 0 Å². The van der Waals surface area contributed by atoms with Gasteiger partial charge < -0.3 is 4.90 Å². The Morgan fingerprint density at radius 2 is 1.64 bits per heavy atom. The summed E-state index contributed by atoms with van der Waals surface area (Å²) >= 11 is 0. The van der Waals surface area contributed by atoms with Gasteiger partial charge in [0.1, 0.15) is 0 Å². The molecule has 6 aliphatic rings. The van der Waals surface area contributed by atoms with Crippen molar-refractivity contribution < 1.29 is 4.79 Å². The van der Waals surface area contributed by atoms with Crippen LogP contribution in [-0.2, 0) is 11.2 Å². The number of carbonyl (C=O) groups excluding carboxylic acids is 1. The lowest BCUT2D eigenvalue weighted by Gasteiger charge is -2.57. The summed E-state index contributed by atoms with van der Waals surface area (Å²) in [5, 5.41) is 0. The summed E-state index contributed by atoms with van der Waals surface area (Å²) in [6, 6.07) is 8.88. The molecule has 4 bridgehead atoms. The van der Waals surface area contributed by atoms with Crippen molar-refractivity contribution in [2.24, 2.45) is 29.1 Å². The van der Waals surface area contributed by atoms with Crippen molar-refractivity contribution in [3.05, 3.63) is 35.4 Å². The molecule has 1 aromatic rings. The molecule has 0 spiro atoms. The van der Waals surface area contributed by atoms with Crippen molar-refractivity contribution in [3.8, 4) is 0 Å². The van der Waals surface area contributed by atoms with Gasteiger partial charge >= 0.3 is 0 Å². The van der Waals surface area contributed by atoms with Gasteiger partial charge in [0.2, 0.25) is 5.91 Å². The summed E-state index contributed by atoms with van der Waals surface area (Å²) in [5.74, 6) is 4.15. The van der Waals surface area contributed by atoms with Crippen molar-refractivity contribution in [2.45, 2.75) is 57.3 Å². The molecular formula is C23H29NO. The first kappa shape index (κ1) is 14.8. The number of benzene rings is 1. The maximum Gasteiger partial charge on any atom is 0.226 e. The minimum absolute atomic E-state index is 0.267. The molecule has 1 aromatic carbocycles. The molecular weight excluding hydrogens is 306 g/mol. The molecule has 7 rings (SSSR count). The molecule has 2 atom stereocenters. The van der Waals surface area contributed by atoms with E-state index in [-0.39, 0.29) is 5.92 Å². The molecule has 25 heavy (non-hydrogen) atoms. The topological polar surface area (TPSA) is 20.3 Å². The fourth-order valence-corrected chi connectivity index (χ4v) is 7.97. The van der Waals surface area contributed by atoms with Crippen LogP contribution in [0.2, 0.25) is 0 Å². The molecule has 1 saturated heterocycles. The maximum absolute atomic E-state index is 13.2. The molecule has 5 fully saturated rings. The van der Waals surface area contributed by atoms with E-state index in [0.29, 0.717) is 17.2 Å². The van der Waals surface area contributed by atoms with E-state index in [1.54, 1.807) is 0 Å². The van der Waals surface area contributed by atoms with Gasteiger partial charge in [0, 0.05) is 24.9 Å². The van der Waals surface area contributed by atoms with E-state index < -0.39 is 0 Å². The lowest BCUT2D eigenvalue weighted by atomic mass is 9.49. The number of likely N-dealkylation sites (tertiary alicyclic amines) is 1. The number of nitrogens with zero attached hydrogens (tertiary/aromatic N) is 1. The minimum Gasteiger partial charge on any atom is -0.341 e. The zero-order valence-electron chi connectivity index (χ0n) is 15.1. The molecule has 1 amide bonds. The Morgan fingerprint density at radius 1 is 0.960 bits per heavy atom. The van der Waals surface area contributed by atoms with Crippen LogP contribution in [0.5, 0.6) is 0 Å². The summed E-state index contributed by atoms with van der Waals surface area (Å²) in [7, 11) is 0. The third-order valence-electron chi connectivity index (χ3n) is 8.40. The molecule has 2 nitrogen and oxygen atoms in total. The number of rotatable bonds is 2. The number of carbonyl (C=O) groups is 1. The van der Waals surface area contributed by atoms with Crippen LogP contribution >= 0.6 is 0 Å². The van der Waals surface area contributed by atoms with Gasteiger partial charge in [-0.05, 0) is 85.7 Å². The average Bonchev–Trinajstić information content (AvgIpc) is 2.89. The van der Waals surface area contributed by atoms with E-state index in [1.807, 2.05) is 0 Å². The van der Waals surface area contributed by atoms with Gasteiger partial charge in [-0.3, -0.25) is 4.79 Å². The molecule has 0 unspecified atom stereocenters. The second kappa shape index (κ2) is 5.11. The molecule has 132 valence electrons. The summed E-state index contributed by atoms with van der Waals surface area (Å²) in [6.45, 7) is 2.06. The highest BCUT2D eigenvalue weighted by Crippen LogP contribution is 2.60. The molecule has 0 N–H and O–H groups in total. The quantitative estimate of drug-likeness (QED) is 0.785. The first-order chi connectivity index (χ1) is 12.2. The van der Waals surface area contributed by atoms with E-state index in [4.69, 9.17) is 0 Å². The van der Waals surface area contributed by atoms with Crippen LogP contribution in [-0.4, -0.2) is 23.9 Å². The van der Waals surface area contributed by atoms with E-state index in [2.05, 4.69) is 29.2 Å². The second-order valence-electron chi connectivity index (χ2n) is 10.1. The van der Waals surface area contributed by atoms with Gasteiger partial charge in [0.25, 0.3) is 0 Å². The van der Waals surface area contributed by atoms with Crippen LogP contribution in [0.25, 0.3) is 0 Å². The largest absolute Gasteiger partial charge is 0.341 e. The number of hydrogen-bond donors (Lipinski definition) is 0. The van der Waals surface area contributed by atoms with E-state index in [0.717, 1.165) is 43.7 Å². The third-order valence-corrected chi connectivity index (χ3v) is 8.40. The van der Waals surface area contributed by atoms with Crippen LogP contribution in [0.4, 0.5) is 0 Å².